The van der Waals surface area contributed by atoms with E-state index >= 15 is 0 Å². The summed E-state index contributed by atoms with van der Waals surface area (Å²) in [7, 11) is 1.66. The second-order valence-corrected chi connectivity index (χ2v) is 7.53. The van der Waals surface area contributed by atoms with Crippen LogP contribution in [0.1, 0.15) is 17.0 Å². The van der Waals surface area contributed by atoms with Gasteiger partial charge in [0.15, 0.2) is 5.82 Å². The van der Waals surface area contributed by atoms with Crippen LogP contribution in [0.25, 0.3) is 5.82 Å². The number of carbonyl (C=O) groups excluding carboxylic acids is 1. The van der Waals surface area contributed by atoms with E-state index in [0.717, 1.165) is 40.8 Å². The van der Waals surface area contributed by atoms with Crippen LogP contribution in [0.5, 0.6) is 5.75 Å². The van der Waals surface area contributed by atoms with Crippen LogP contribution in [0, 0.1) is 19.8 Å². The fraction of sp³-hybridized carbons (Fsp3) is 0.364. The lowest BCUT2D eigenvalue weighted by atomic mass is 9.99. The molecule has 1 aromatic carbocycles. The van der Waals surface area contributed by atoms with Crippen LogP contribution < -0.4 is 15.0 Å². The number of rotatable bonds is 7. The van der Waals surface area contributed by atoms with Crippen LogP contribution in [0.15, 0.2) is 42.7 Å². The minimum Gasteiger partial charge on any atom is -0.496 e. The summed E-state index contributed by atoms with van der Waals surface area (Å²) in [5.41, 5.74) is 3.06. The van der Waals surface area contributed by atoms with Crippen LogP contribution >= 0.6 is 0 Å². The molecule has 1 saturated heterocycles. The molecule has 0 radical (unpaired) electrons. The van der Waals surface area contributed by atoms with Gasteiger partial charge in [-0.3, -0.25) is 4.79 Å². The summed E-state index contributed by atoms with van der Waals surface area (Å²) in [6.07, 6.45) is 2.28. The van der Waals surface area contributed by atoms with Gasteiger partial charge in [0.1, 0.15) is 17.9 Å². The molecule has 30 heavy (non-hydrogen) atoms. The number of anilines is 1. The van der Waals surface area contributed by atoms with E-state index in [2.05, 4.69) is 25.3 Å². The normalized spacial score (nSPS) is 13.8. The Morgan fingerprint density at radius 1 is 1.17 bits per heavy atom. The molecule has 0 unspecified atom stereocenters. The van der Waals surface area contributed by atoms with Gasteiger partial charge in [-0.15, -0.1) is 0 Å². The number of para-hydroxylation sites is 1. The fourth-order valence-electron chi connectivity index (χ4n) is 3.69. The minimum atomic E-state index is -0.0326. The molecule has 0 atom stereocenters. The van der Waals surface area contributed by atoms with Crippen molar-refractivity contribution in [3.63, 3.8) is 0 Å². The Morgan fingerprint density at radius 2 is 1.93 bits per heavy atom. The van der Waals surface area contributed by atoms with E-state index in [1.165, 1.54) is 0 Å². The average Bonchev–Trinajstić information content (AvgIpc) is 3.05. The number of hydrogen-bond acceptors (Lipinski definition) is 6. The van der Waals surface area contributed by atoms with Crippen molar-refractivity contribution >= 4 is 11.7 Å². The first-order chi connectivity index (χ1) is 14.5. The number of carbonyl (C=O) groups is 1. The largest absolute Gasteiger partial charge is 0.496 e. The third kappa shape index (κ3) is 4.12. The summed E-state index contributed by atoms with van der Waals surface area (Å²) < 4.78 is 7.17. The maximum atomic E-state index is 12.5. The number of ether oxygens (including phenoxy) is 1. The number of aryl methyl sites for hydroxylation is 2. The van der Waals surface area contributed by atoms with Gasteiger partial charge in [0.2, 0.25) is 5.91 Å². The summed E-state index contributed by atoms with van der Waals surface area (Å²) in [6, 6.07) is 11.8. The van der Waals surface area contributed by atoms with Crippen molar-refractivity contribution in [2.24, 2.45) is 5.92 Å². The molecular weight excluding hydrogens is 380 g/mol. The van der Waals surface area contributed by atoms with Crippen molar-refractivity contribution in [1.82, 2.24) is 25.1 Å². The van der Waals surface area contributed by atoms with E-state index < -0.39 is 0 Å². The van der Waals surface area contributed by atoms with Gasteiger partial charge in [-0.25, -0.2) is 14.6 Å². The number of amides is 1. The van der Waals surface area contributed by atoms with E-state index in [-0.39, 0.29) is 11.8 Å². The van der Waals surface area contributed by atoms with Gasteiger partial charge >= 0.3 is 0 Å². The molecule has 2 aromatic heterocycles. The van der Waals surface area contributed by atoms with E-state index in [4.69, 9.17) is 4.74 Å². The number of nitrogens with one attached hydrogen (secondary N) is 1. The number of hydrogen-bond donors (Lipinski definition) is 1. The quantitative estimate of drug-likeness (QED) is 0.647. The van der Waals surface area contributed by atoms with Gasteiger partial charge in [-0.1, -0.05) is 18.2 Å². The fourth-order valence-corrected chi connectivity index (χ4v) is 3.69. The van der Waals surface area contributed by atoms with Crippen molar-refractivity contribution < 1.29 is 9.53 Å². The molecule has 0 aliphatic carbocycles. The Hall–Kier alpha value is -3.42. The number of nitrogens with zero attached hydrogens (tertiary/aromatic N) is 5. The van der Waals surface area contributed by atoms with E-state index in [9.17, 15) is 4.79 Å². The lowest BCUT2D eigenvalue weighted by Crippen LogP contribution is -2.54. The lowest BCUT2D eigenvalue weighted by molar-refractivity contribution is -0.125. The highest BCUT2D eigenvalue weighted by Crippen LogP contribution is 2.24. The Morgan fingerprint density at radius 3 is 2.67 bits per heavy atom. The SMILES string of the molecule is COc1ccccc1CCNC(=O)C1CN(c2cc(-n3nc(C)cc3C)ncn2)C1. The monoisotopic (exact) mass is 406 g/mol. The summed E-state index contributed by atoms with van der Waals surface area (Å²) >= 11 is 0. The van der Waals surface area contributed by atoms with Gasteiger partial charge in [0.25, 0.3) is 0 Å². The smallest absolute Gasteiger partial charge is 0.226 e. The van der Waals surface area contributed by atoms with Crippen LogP contribution in [-0.4, -0.2) is 52.4 Å². The Balaban J connectivity index is 1.30. The zero-order chi connectivity index (χ0) is 21.1. The van der Waals surface area contributed by atoms with Gasteiger partial charge in [-0.2, -0.15) is 5.10 Å². The second kappa shape index (κ2) is 8.52. The van der Waals surface area contributed by atoms with Crippen molar-refractivity contribution in [3.05, 3.63) is 59.7 Å². The molecule has 0 bridgehead atoms. The minimum absolute atomic E-state index is 0.0326. The standard InChI is InChI=1S/C22H26N6O2/c1-15-10-16(2)28(26-15)21-11-20(24-14-25-21)27-12-18(13-27)22(29)23-9-8-17-6-4-5-7-19(17)30-3/h4-7,10-11,14,18H,8-9,12-13H2,1-3H3,(H,23,29). The topological polar surface area (TPSA) is 85.2 Å². The highest BCUT2D eigenvalue weighted by Gasteiger charge is 2.33. The third-order valence-corrected chi connectivity index (χ3v) is 5.33. The molecule has 4 rings (SSSR count). The van der Waals surface area contributed by atoms with Crippen molar-refractivity contribution in [2.75, 3.05) is 31.6 Å². The molecule has 3 heterocycles. The molecule has 8 nitrogen and oxygen atoms in total. The molecule has 1 aliphatic heterocycles. The maximum Gasteiger partial charge on any atom is 0.226 e. The van der Waals surface area contributed by atoms with Crippen molar-refractivity contribution in [2.45, 2.75) is 20.3 Å². The first-order valence-electron chi connectivity index (χ1n) is 10.1. The molecule has 0 spiro atoms. The molecule has 1 aliphatic rings. The van der Waals surface area contributed by atoms with Gasteiger partial charge in [-0.05, 0) is 38.0 Å². The number of aromatic nitrogens is 4. The van der Waals surface area contributed by atoms with Gasteiger partial charge < -0.3 is 15.0 Å². The second-order valence-electron chi connectivity index (χ2n) is 7.53. The van der Waals surface area contributed by atoms with Crippen molar-refractivity contribution in [3.8, 4) is 11.6 Å². The summed E-state index contributed by atoms with van der Waals surface area (Å²) in [5, 5.41) is 7.51. The highest BCUT2D eigenvalue weighted by atomic mass is 16.5. The van der Waals surface area contributed by atoms with Crippen molar-refractivity contribution in [1.29, 1.82) is 0 Å². The van der Waals surface area contributed by atoms with Crippen LogP contribution in [-0.2, 0) is 11.2 Å². The lowest BCUT2D eigenvalue weighted by Gasteiger charge is -2.39. The Labute approximate surface area is 175 Å². The van der Waals surface area contributed by atoms with Gasteiger partial charge in [0, 0.05) is 31.4 Å². The molecule has 0 saturated carbocycles. The zero-order valence-corrected chi connectivity index (χ0v) is 17.5. The highest BCUT2D eigenvalue weighted by molar-refractivity contribution is 5.81. The first-order valence-corrected chi connectivity index (χ1v) is 10.1. The van der Waals surface area contributed by atoms with E-state index in [1.54, 1.807) is 13.4 Å². The maximum absolute atomic E-state index is 12.5. The molecule has 3 aromatic rings. The molecule has 1 amide bonds. The van der Waals surface area contributed by atoms with Gasteiger partial charge in [0.05, 0.1) is 18.7 Å². The Kier molecular flexibility index (Phi) is 5.65. The average molecular weight is 406 g/mol. The predicted octanol–water partition coefficient (Wildman–Crippen LogP) is 2.08. The van der Waals surface area contributed by atoms with Crippen LogP contribution in [0.3, 0.4) is 0 Å². The predicted molar refractivity (Wildman–Crippen MR) is 114 cm³/mol. The molecule has 1 fully saturated rings. The summed E-state index contributed by atoms with van der Waals surface area (Å²) in [6.45, 7) is 5.84. The first kappa shape index (κ1) is 19.9. The molecule has 8 heteroatoms. The number of methoxy groups -OCH3 is 1. The molecule has 156 valence electrons. The van der Waals surface area contributed by atoms with E-state index in [0.29, 0.717) is 19.6 Å². The van der Waals surface area contributed by atoms with Crippen LogP contribution in [0.4, 0.5) is 5.82 Å². The molecule has 1 N–H and O–H groups in total. The third-order valence-electron chi connectivity index (χ3n) is 5.33. The van der Waals surface area contributed by atoms with Crippen LogP contribution in [0.2, 0.25) is 0 Å². The Bertz CT molecular complexity index is 1040. The zero-order valence-electron chi connectivity index (χ0n) is 17.5. The molecular formula is C22H26N6O2. The summed E-state index contributed by atoms with van der Waals surface area (Å²) in [5.74, 6) is 2.44. The van der Waals surface area contributed by atoms with E-state index in [1.807, 2.05) is 54.9 Å². The number of benzene rings is 1. The summed E-state index contributed by atoms with van der Waals surface area (Å²) in [4.78, 5) is 23.3.